The third kappa shape index (κ3) is 3.84. The molecule has 2 rings (SSSR count). The van der Waals surface area contributed by atoms with Crippen molar-refractivity contribution in [1.29, 1.82) is 0 Å². The van der Waals surface area contributed by atoms with E-state index in [1.165, 1.54) is 6.07 Å². The molecule has 1 saturated carbocycles. The molecule has 1 nitrogen and oxygen atoms in total. The van der Waals surface area contributed by atoms with Crippen LogP contribution in [-0.4, -0.2) is 12.5 Å². The van der Waals surface area contributed by atoms with E-state index in [1.807, 2.05) is 0 Å². The summed E-state index contributed by atoms with van der Waals surface area (Å²) in [5, 5.41) is 0. The summed E-state index contributed by atoms with van der Waals surface area (Å²) in [6.45, 7) is -0.0254. The van der Waals surface area contributed by atoms with Crippen molar-refractivity contribution in [3.63, 3.8) is 0 Å². The molecule has 0 N–H and O–H groups in total. The highest BCUT2D eigenvalue weighted by atomic mass is 79.9. The molecule has 1 aliphatic rings. The second-order valence-electron chi connectivity index (χ2n) is 4.83. The van der Waals surface area contributed by atoms with Crippen molar-refractivity contribution in [2.45, 2.75) is 31.6 Å². The lowest BCUT2D eigenvalue weighted by Crippen LogP contribution is -2.29. The van der Waals surface area contributed by atoms with Crippen molar-refractivity contribution in [1.82, 2.24) is 0 Å². The highest BCUT2D eigenvalue weighted by molar-refractivity contribution is 9.10. The normalized spacial score (nSPS) is 22.3. The van der Waals surface area contributed by atoms with Crippen molar-refractivity contribution in [3.05, 3.63) is 28.2 Å². The van der Waals surface area contributed by atoms with Crippen LogP contribution in [0.2, 0.25) is 0 Å². The molecule has 1 unspecified atom stereocenters. The predicted molar refractivity (Wildman–Crippen MR) is 66.5 cm³/mol. The first-order chi connectivity index (χ1) is 8.87. The first-order valence-corrected chi connectivity index (χ1v) is 6.82. The Morgan fingerprint density at radius 3 is 2.74 bits per heavy atom. The van der Waals surface area contributed by atoms with Gasteiger partial charge in [0, 0.05) is 17.3 Å². The van der Waals surface area contributed by atoms with Crippen molar-refractivity contribution >= 4 is 15.9 Å². The van der Waals surface area contributed by atoms with E-state index in [4.69, 9.17) is 4.74 Å². The van der Waals surface area contributed by atoms with E-state index in [0.717, 1.165) is 6.07 Å². The molecule has 106 valence electrons. The van der Waals surface area contributed by atoms with Gasteiger partial charge in [0.25, 0.3) is 0 Å². The fourth-order valence-electron chi connectivity index (χ4n) is 2.26. The van der Waals surface area contributed by atoms with Gasteiger partial charge in [0.05, 0.1) is 6.61 Å². The number of benzene rings is 1. The number of hydrogen-bond donors (Lipinski definition) is 0. The standard InChI is InChI=1S/C13H13BrF4O/c14-9-4-10(15)12(16)11(5-9)19-7-8-2-1-3-13(17,18)6-8/h4-5,8H,1-3,6-7H2. The molecule has 1 aliphatic carbocycles. The van der Waals surface area contributed by atoms with E-state index in [-0.39, 0.29) is 31.1 Å². The molecule has 0 saturated heterocycles. The van der Waals surface area contributed by atoms with E-state index >= 15 is 0 Å². The molecule has 1 aromatic rings. The average molecular weight is 341 g/mol. The zero-order valence-corrected chi connectivity index (χ0v) is 11.7. The second kappa shape index (κ2) is 5.69. The molecular formula is C13H13BrF4O. The zero-order valence-electron chi connectivity index (χ0n) is 10.1. The number of ether oxygens (including phenoxy) is 1. The molecule has 0 aliphatic heterocycles. The summed E-state index contributed by atoms with van der Waals surface area (Å²) in [5.74, 6) is -5.37. The van der Waals surface area contributed by atoms with Crippen LogP contribution < -0.4 is 4.74 Å². The fourth-order valence-corrected chi connectivity index (χ4v) is 2.67. The van der Waals surface area contributed by atoms with E-state index in [1.54, 1.807) is 0 Å². The van der Waals surface area contributed by atoms with Crippen LogP contribution in [0.5, 0.6) is 5.75 Å². The first-order valence-electron chi connectivity index (χ1n) is 6.02. The SMILES string of the molecule is Fc1cc(Br)cc(OCC2CCCC(F)(F)C2)c1F. The lowest BCUT2D eigenvalue weighted by molar-refractivity contribution is -0.0587. The van der Waals surface area contributed by atoms with Crippen LogP contribution in [0.3, 0.4) is 0 Å². The van der Waals surface area contributed by atoms with Crippen LogP contribution in [-0.2, 0) is 0 Å². The summed E-state index contributed by atoms with van der Waals surface area (Å²) in [7, 11) is 0. The van der Waals surface area contributed by atoms with Gasteiger partial charge in [-0.25, -0.2) is 13.2 Å². The Morgan fingerprint density at radius 2 is 2.05 bits per heavy atom. The molecule has 19 heavy (non-hydrogen) atoms. The number of rotatable bonds is 3. The molecule has 1 fully saturated rings. The van der Waals surface area contributed by atoms with Crippen LogP contribution >= 0.6 is 15.9 Å². The Bertz CT molecular complexity index is 464. The molecular weight excluding hydrogens is 328 g/mol. The third-order valence-corrected chi connectivity index (χ3v) is 3.63. The van der Waals surface area contributed by atoms with Crippen molar-refractivity contribution in [3.8, 4) is 5.75 Å². The molecule has 1 atom stereocenters. The lowest BCUT2D eigenvalue weighted by atomic mass is 9.87. The molecule has 0 spiro atoms. The van der Waals surface area contributed by atoms with Crippen LogP contribution in [0.25, 0.3) is 0 Å². The fraction of sp³-hybridized carbons (Fsp3) is 0.538. The van der Waals surface area contributed by atoms with Gasteiger partial charge in [-0.3, -0.25) is 0 Å². The monoisotopic (exact) mass is 340 g/mol. The highest BCUT2D eigenvalue weighted by Gasteiger charge is 2.36. The van der Waals surface area contributed by atoms with Crippen LogP contribution in [0.4, 0.5) is 17.6 Å². The first kappa shape index (κ1) is 14.6. The summed E-state index contributed by atoms with van der Waals surface area (Å²) in [6, 6.07) is 2.27. The molecule has 0 bridgehead atoms. The summed E-state index contributed by atoms with van der Waals surface area (Å²) in [5.41, 5.74) is 0. The lowest BCUT2D eigenvalue weighted by Gasteiger charge is -2.28. The number of halogens is 5. The molecule has 0 radical (unpaired) electrons. The smallest absolute Gasteiger partial charge is 0.248 e. The Labute approximate surface area is 117 Å². The number of alkyl halides is 2. The molecule has 0 aromatic heterocycles. The average Bonchev–Trinajstić information content (AvgIpc) is 2.31. The van der Waals surface area contributed by atoms with Gasteiger partial charge in [-0.2, -0.15) is 4.39 Å². The van der Waals surface area contributed by atoms with E-state index in [2.05, 4.69) is 15.9 Å². The Balaban J connectivity index is 1.99. The third-order valence-electron chi connectivity index (χ3n) is 3.18. The quantitative estimate of drug-likeness (QED) is 0.559. The van der Waals surface area contributed by atoms with Crippen molar-refractivity contribution < 1.29 is 22.3 Å². The van der Waals surface area contributed by atoms with Crippen molar-refractivity contribution in [2.24, 2.45) is 5.92 Å². The largest absolute Gasteiger partial charge is 0.490 e. The predicted octanol–water partition coefficient (Wildman–Crippen LogP) is 4.93. The molecule has 0 amide bonds. The Hall–Kier alpha value is -0.780. The molecule has 6 heteroatoms. The summed E-state index contributed by atoms with van der Waals surface area (Å²) in [4.78, 5) is 0. The maximum atomic E-state index is 13.4. The van der Waals surface area contributed by atoms with E-state index in [0.29, 0.717) is 17.3 Å². The topological polar surface area (TPSA) is 9.23 Å². The highest BCUT2D eigenvalue weighted by Crippen LogP contribution is 2.37. The second-order valence-corrected chi connectivity index (χ2v) is 5.74. The Morgan fingerprint density at radius 1 is 1.32 bits per heavy atom. The van der Waals surface area contributed by atoms with Gasteiger partial charge in [0.1, 0.15) is 0 Å². The van der Waals surface area contributed by atoms with Gasteiger partial charge >= 0.3 is 0 Å². The van der Waals surface area contributed by atoms with Gasteiger partial charge in [-0.1, -0.05) is 15.9 Å². The van der Waals surface area contributed by atoms with Crippen molar-refractivity contribution in [2.75, 3.05) is 6.61 Å². The maximum Gasteiger partial charge on any atom is 0.248 e. The minimum absolute atomic E-state index is 0.0254. The van der Waals surface area contributed by atoms with Crippen LogP contribution in [0, 0.1) is 17.6 Å². The van der Waals surface area contributed by atoms with Gasteiger partial charge in [0.15, 0.2) is 11.6 Å². The van der Waals surface area contributed by atoms with Gasteiger partial charge < -0.3 is 4.74 Å². The minimum atomic E-state index is -2.67. The van der Waals surface area contributed by atoms with Gasteiger partial charge in [0.2, 0.25) is 11.7 Å². The Kier molecular flexibility index (Phi) is 4.38. The maximum absolute atomic E-state index is 13.4. The van der Waals surface area contributed by atoms with Gasteiger partial charge in [-0.15, -0.1) is 0 Å². The minimum Gasteiger partial charge on any atom is -0.490 e. The van der Waals surface area contributed by atoms with E-state index in [9.17, 15) is 17.6 Å². The molecule has 0 heterocycles. The summed E-state index contributed by atoms with van der Waals surface area (Å²) in [6.07, 6.45) is 0.679. The number of hydrogen-bond acceptors (Lipinski definition) is 1. The molecule has 1 aromatic carbocycles. The van der Waals surface area contributed by atoms with Crippen LogP contribution in [0.1, 0.15) is 25.7 Å². The van der Waals surface area contributed by atoms with Crippen LogP contribution in [0.15, 0.2) is 16.6 Å². The van der Waals surface area contributed by atoms with Gasteiger partial charge in [-0.05, 0) is 30.9 Å². The zero-order chi connectivity index (χ0) is 14.0. The summed E-state index contributed by atoms with van der Waals surface area (Å²) >= 11 is 3.02. The van der Waals surface area contributed by atoms with E-state index < -0.39 is 17.6 Å². The summed E-state index contributed by atoms with van der Waals surface area (Å²) < 4.78 is 58.4.